The fraction of sp³-hybridized carbons (Fsp3) is 0.357. The summed E-state index contributed by atoms with van der Waals surface area (Å²) in [4.78, 5) is 11.9. The summed E-state index contributed by atoms with van der Waals surface area (Å²) >= 11 is 0. The predicted molar refractivity (Wildman–Crippen MR) is 77.6 cm³/mol. The van der Waals surface area contributed by atoms with Crippen LogP contribution in [0, 0.1) is 15.9 Å². The van der Waals surface area contributed by atoms with Gasteiger partial charge in [0.15, 0.2) is 0 Å². The lowest BCUT2D eigenvalue weighted by atomic mass is 10.2. The van der Waals surface area contributed by atoms with Crippen molar-refractivity contribution in [2.75, 3.05) is 13.6 Å². The van der Waals surface area contributed by atoms with Gasteiger partial charge in [-0.3, -0.25) is 19.7 Å². The molecule has 0 spiro atoms. The normalized spacial score (nSPS) is 12.5. The van der Waals surface area contributed by atoms with Crippen LogP contribution in [0.15, 0.2) is 36.7 Å². The van der Waals surface area contributed by atoms with E-state index in [1.54, 1.807) is 13.1 Å². The molecule has 0 bridgehead atoms. The van der Waals surface area contributed by atoms with Crippen LogP contribution >= 0.6 is 0 Å². The van der Waals surface area contributed by atoms with Crippen molar-refractivity contribution in [3.63, 3.8) is 0 Å². The average Bonchev–Trinajstić information content (AvgIpc) is 2.86. The Labute approximate surface area is 126 Å². The van der Waals surface area contributed by atoms with Gasteiger partial charge in [0.25, 0.3) is 0 Å². The van der Waals surface area contributed by atoms with E-state index in [9.17, 15) is 19.6 Å². The van der Waals surface area contributed by atoms with Gasteiger partial charge in [-0.1, -0.05) is 12.1 Å². The second-order valence-corrected chi connectivity index (χ2v) is 5.16. The summed E-state index contributed by atoms with van der Waals surface area (Å²) in [5.41, 5.74) is 0.699. The third kappa shape index (κ3) is 4.61. The molecule has 0 aliphatic heterocycles. The van der Waals surface area contributed by atoms with Crippen LogP contribution < -0.4 is 0 Å². The topological polar surface area (TPSA) is 84.4 Å². The van der Waals surface area contributed by atoms with E-state index in [1.165, 1.54) is 23.0 Å². The average molecular weight is 308 g/mol. The zero-order valence-electron chi connectivity index (χ0n) is 12.1. The number of rotatable bonds is 7. The fourth-order valence-corrected chi connectivity index (χ4v) is 2.19. The third-order valence-corrected chi connectivity index (χ3v) is 3.09. The monoisotopic (exact) mass is 308 g/mol. The van der Waals surface area contributed by atoms with Gasteiger partial charge >= 0.3 is 5.69 Å². The van der Waals surface area contributed by atoms with Crippen LogP contribution in [0.4, 0.5) is 10.1 Å². The number of hydrogen-bond donors (Lipinski definition) is 1. The highest BCUT2D eigenvalue weighted by Gasteiger charge is 2.13. The lowest BCUT2D eigenvalue weighted by Gasteiger charge is -2.20. The van der Waals surface area contributed by atoms with Crippen LogP contribution in [0.25, 0.3) is 0 Å². The molecule has 0 saturated carbocycles. The molecule has 2 rings (SSSR count). The van der Waals surface area contributed by atoms with E-state index in [2.05, 4.69) is 5.10 Å². The third-order valence-electron chi connectivity index (χ3n) is 3.09. The molecule has 1 N–H and O–H groups in total. The molecule has 1 aromatic heterocycles. The van der Waals surface area contributed by atoms with Crippen molar-refractivity contribution in [2.24, 2.45) is 0 Å². The van der Waals surface area contributed by atoms with Gasteiger partial charge in [0.1, 0.15) is 18.2 Å². The van der Waals surface area contributed by atoms with Crippen molar-refractivity contribution in [3.8, 4) is 0 Å². The maximum absolute atomic E-state index is 13.1. The molecular formula is C14H17FN4O3. The van der Waals surface area contributed by atoms with Crippen molar-refractivity contribution in [3.05, 3.63) is 58.2 Å². The standard InChI is InChI=1S/C14H17FN4O3/c1-17(7-11-3-2-4-12(15)5-11)9-14(20)10-18-8-13(6-16-18)19(21)22/h2-6,8,14,20H,7,9-10H2,1H3. The SMILES string of the molecule is CN(Cc1cccc(F)c1)CC(O)Cn1cc([N+](=O)[O-])cn1. The molecule has 8 heteroatoms. The van der Waals surface area contributed by atoms with Gasteiger partial charge in [-0.05, 0) is 24.7 Å². The Balaban J connectivity index is 1.85. The Morgan fingerprint density at radius 2 is 2.32 bits per heavy atom. The molecular weight excluding hydrogens is 291 g/mol. The van der Waals surface area contributed by atoms with E-state index in [4.69, 9.17) is 0 Å². The summed E-state index contributed by atoms with van der Waals surface area (Å²) in [6.07, 6.45) is 1.68. The highest BCUT2D eigenvalue weighted by Crippen LogP contribution is 2.09. The van der Waals surface area contributed by atoms with Crippen LogP contribution in [0.1, 0.15) is 5.56 Å². The lowest BCUT2D eigenvalue weighted by Crippen LogP contribution is -2.31. The van der Waals surface area contributed by atoms with Gasteiger partial charge in [0, 0.05) is 13.1 Å². The first-order valence-corrected chi connectivity index (χ1v) is 6.72. The molecule has 118 valence electrons. The van der Waals surface area contributed by atoms with Crippen LogP contribution in [0.3, 0.4) is 0 Å². The first kappa shape index (κ1) is 16.1. The maximum Gasteiger partial charge on any atom is 0.306 e. The second kappa shape index (κ2) is 7.10. The van der Waals surface area contributed by atoms with Crippen LogP contribution in [0.5, 0.6) is 0 Å². The molecule has 22 heavy (non-hydrogen) atoms. The molecule has 0 aliphatic rings. The zero-order valence-corrected chi connectivity index (χ0v) is 12.1. The van der Waals surface area contributed by atoms with Crippen molar-refractivity contribution in [2.45, 2.75) is 19.2 Å². The Bertz CT molecular complexity index is 647. The van der Waals surface area contributed by atoms with Crippen LogP contribution in [-0.4, -0.2) is 44.4 Å². The summed E-state index contributed by atoms with van der Waals surface area (Å²) in [6.45, 7) is 0.986. The van der Waals surface area contributed by atoms with Crippen molar-refractivity contribution >= 4 is 5.69 Å². The summed E-state index contributed by atoms with van der Waals surface area (Å²) in [5.74, 6) is -0.296. The number of likely N-dealkylation sites (N-methyl/N-ethyl adjacent to an activating group) is 1. The second-order valence-electron chi connectivity index (χ2n) is 5.16. The van der Waals surface area contributed by atoms with E-state index >= 15 is 0 Å². The number of nitro groups is 1. The van der Waals surface area contributed by atoms with Crippen molar-refractivity contribution < 1.29 is 14.4 Å². The highest BCUT2D eigenvalue weighted by molar-refractivity contribution is 5.20. The Hall–Kier alpha value is -2.32. The summed E-state index contributed by atoms with van der Waals surface area (Å²) in [7, 11) is 1.81. The summed E-state index contributed by atoms with van der Waals surface area (Å²) in [6, 6.07) is 6.27. The number of aromatic nitrogens is 2. The minimum atomic E-state index is -0.738. The minimum Gasteiger partial charge on any atom is -0.390 e. The van der Waals surface area contributed by atoms with Gasteiger partial charge in [0.05, 0.1) is 17.6 Å². The molecule has 0 amide bonds. The van der Waals surface area contributed by atoms with Crippen LogP contribution in [0.2, 0.25) is 0 Å². The molecule has 0 aliphatic carbocycles. The van der Waals surface area contributed by atoms with E-state index in [1.807, 2.05) is 11.0 Å². The summed E-state index contributed by atoms with van der Waals surface area (Å²) in [5, 5.41) is 24.4. The fourth-order valence-electron chi connectivity index (χ4n) is 2.19. The predicted octanol–water partition coefficient (Wildman–Crippen LogP) is 1.42. The van der Waals surface area contributed by atoms with Gasteiger partial charge < -0.3 is 5.11 Å². The lowest BCUT2D eigenvalue weighted by molar-refractivity contribution is -0.385. The molecule has 2 aromatic rings. The molecule has 1 unspecified atom stereocenters. The molecule has 1 atom stereocenters. The minimum absolute atomic E-state index is 0.111. The zero-order chi connectivity index (χ0) is 16.1. The number of aliphatic hydroxyl groups is 1. The van der Waals surface area contributed by atoms with Gasteiger partial charge in [-0.15, -0.1) is 0 Å². The number of halogens is 1. The Kier molecular flexibility index (Phi) is 5.18. The molecule has 7 nitrogen and oxygen atoms in total. The number of aliphatic hydroxyl groups excluding tert-OH is 1. The van der Waals surface area contributed by atoms with Crippen LogP contribution in [-0.2, 0) is 13.1 Å². The Morgan fingerprint density at radius 1 is 1.55 bits per heavy atom. The maximum atomic E-state index is 13.1. The number of hydrogen-bond acceptors (Lipinski definition) is 5. The van der Waals surface area contributed by atoms with Gasteiger partial charge in [0.2, 0.25) is 0 Å². The van der Waals surface area contributed by atoms with Crippen molar-refractivity contribution in [1.82, 2.24) is 14.7 Å². The molecule has 0 fully saturated rings. The highest BCUT2D eigenvalue weighted by atomic mass is 19.1. The summed E-state index contributed by atoms with van der Waals surface area (Å²) < 4.78 is 14.4. The number of nitrogens with zero attached hydrogens (tertiary/aromatic N) is 4. The largest absolute Gasteiger partial charge is 0.390 e. The van der Waals surface area contributed by atoms with E-state index in [0.717, 1.165) is 11.8 Å². The number of benzene rings is 1. The smallest absolute Gasteiger partial charge is 0.306 e. The first-order valence-electron chi connectivity index (χ1n) is 6.72. The first-order chi connectivity index (χ1) is 10.4. The Morgan fingerprint density at radius 3 is 2.95 bits per heavy atom. The molecule has 0 saturated heterocycles. The molecule has 0 radical (unpaired) electrons. The van der Waals surface area contributed by atoms with Gasteiger partial charge in [-0.25, -0.2) is 4.39 Å². The van der Waals surface area contributed by atoms with E-state index in [-0.39, 0.29) is 18.0 Å². The van der Waals surface area contributed by atoms with Gasteiger partial charge in [-0.2, -0.15) is 5.10 Å². The quantitative estimate of drug-likeness (QED) is 0.618. The van der Waals surface area contributed by atoms with E-state index in [0.29, 0.717) is 13.1 Å². The van der Waals surface area contributed by atoms with E-state index < -0.39 is 11.0 Å². The van der Waals surface area contributed by atoms with Crippen molar-refractivity contribution in [1.29, 1.82) is 0 Å². The molecule has 1 aromatic carbocycles. The molecule has 1 heterocycles.